The second-order valence-corrected chi connectivity index (χ2v) is 9.39. The Morgan fingerprint density at radius 1 is 1.03 bits per heavy atom. The lowest BCUT2D eigenvalue weighted by Crippen LogP contribution is -2.24. The second kappa shape index (κ2) is 14.7. The van der Waals surface area contributed by atoms with Crippen LogP contribution in [0.4, 0.5) is 13.2 Å². The van der Waals surface area contributed by atoms with Gasteiger partial charge in [-0.3, -0.25) is 0 Å². The summed E-state index contributed by atoms with van der Waals surface area (Å²) in [6.07, 6.45) is -0.956. The second-order valence-electron chi connectivity index (χ2n) is 7.57. The van der Waals surface area contributed by atoms with Crippen molar-refractivity contribution < 1.29 is 27.5 Å². The summed E-state index contributed by atoms with van der Waals surface area (Å²) in [7, 11) is 0. The van der Waals surface area contributed by atoms with E-state index in [0.717, 1.165) is 12.8 Å². The van der Waals surface area contributed by atoms with Crippen LogP contribution in [-0.2, 0) is 4.84 Å². The molecule has 0 N–H and O–H groups in total. The lowest BCUT2D eigenvalue weighted by Gasteiger charge is -2.14. The van der Waals surface area contributed by atoms with Crippen LogP contribution >= 0.6 is 46.4 Å². The molecule has 0 aliphatic heterocycles. The van der Waals surface area contributed by atoms with E-state index in [1.165, 1.54) is 30.3 Å². The van der Waals surface area contributed by atoms with Crippen molar-refractivity contribution in [2.45, 2.75) is 32.4 Å². The Morgan fingerprint density at radius 3 is 2.29 bits per heavy atom. The molecule has 2 aromatic carbocycles. The van der Waals surface area contributed by atoms with Crippen LogP contribution in [0.5, 0.6) is 11.5 Å². The fourth-order valence-electron chi connectivity index (χ4n) is 2.90. The van der Waals surface area contributed by atoms with Gasteiger partial charge in [0.05, 0.1) is 16.7 Å². The lowest BCUT2D eigenvalue weighted by atomic mass is 10.1. The molecule has 11 heteroatoms. The minimum Gasteiger partial charge on any atom is -0.490 e. The van der Waals surface area contributed by atoms with Gasteiger partial charge in [0.2, 0.25) is 0 Å². The zero-order valence-corrected chi connectivity index (χ0v) is 21.8. The molecule has 1 atom stereocenters. The summed E-state index contributed by atoms with van der Waals surface area (Å²) < 4.78 is 51.0. The molecule has 0 fully saturated rings. The summed E-state index contributed by atoms with van der Waals surface area (Å²) in [5.41, 5.74) is -1.10. The van der Waals surface area contributed by atoms with Crippen LogP contribution in [0, 0.1) is 5.92 Å². The first kappa shape index (κ1) is 29.4. The van der Waals surface area contributed by atoms with E-state index in [9.17, 15) is 13.2 Å². The minimum atomic E-state index is -4.61. The fourth-order valence-corrected chi connectivity index (χ4v) is 3.61. The van der Waals surface area contributed by atoms with Gasteiger partial charge in [-0.25, -0.2) is 0 Å². The van der Waals surface area contributed by atoms with E-state index in [1.807, 2.05) is 6.92 Å². The Kier molecular flexibility index (Phi) is 12.3. The zero-order valence-electron chi connectivity index (χ0n) is 18.8. The van der Waals surface area contributed by atoms with Gasteiger partial charge in [-0.05, 0) is 31.3 Å². The highest BCUT2D eigenvalue weighted by Gasteiger charge is 2.37. The molecule has 0 spiro atoms. The van der Waals surface area contributed by atoms with Gasteiger partial charge in [0.15, 0.2) is 11.5 Å². The average Bonchev–Trinajstić information content (AvgIpc) is 2.77. The van der Waals surface area contributed by atoms with Crippen LogP contribution in [0.1, 0.15) is 31.7 Å². The van der Waals surface area contributed by atoms with E-state index in [4.69, 9.17) is 60.7 Å². The summed E-state index contributed by atoms with van der Waals surface area (Å²) in [5.74, 6) is 0.789. The Hall–Kier alpha value is -1.80. The number of oxime groups is 1. The zero-order chi connectivity index (χ0) is 25.8. The van der Waals surface area contributed by atoms with Crippen molar-refractivity contribution >= 4 is 52.1 Å². The van der Waals surface area contributed by atoms with Crippen molar-refractivity contribution in [2.24, 2.45) is 11.1 Å². The molecule has 2 aromatic rings. The average molecular weight is 573 g/mol. The highest BCUT2D eigenvalue weighted by atomic mass is 35.5. The number of halogens is 7. The molecule has 4 nitrogen and oxygen atoms in total. The number of ether oxygens (including phenoxy) is 2. The van der Waals surface area contributed by atoms with Gasteiger partial charge in [-0.2, -0.15) is 13.2 Å². The molecule has 0 heterocycles. The molecule has 0 saturated heterocycles. The van der Waals surface area contributed by atoms with Crippen LogP contribution in [0.15, 0.2) is 58.2 Å². The van der Waals surface area contributed by atoms with Gasteiger partial charge in [0, 0.05) is 17.7 Å². The van der Waals surface area contributed by atoms with Gasteiger partial charge in [0.25, 0.3) is 0 Å². The number of alkyl halides is 3. The Morgan fingerprint density at radius 2 is 1.69 bits per heavy atom. The van der Waals surface area contributed by atoms with Crippen molar-refractivity contribution in [2.75, 3.05) is 19.8 Å². The molecule has 0 aromatic heterocycles. The summed E-state index contributed by atoms with van der Waals surface area (Å²) >= 11 is 23.5. The van der Waals surface area contributed by atoms with Crippen molar-refractivity contribution in [3.8, 4) is 11.5 Å². The highest BCUT2D eigenvalue weighted by molar-refractivity contribution is 6.55. The first-order valence-corrected chi connectivity index (χ1v) is 12.2. The number of nitrogens with zero attached hydrogens (tertiary/aromatic N) is 1. The van der Waals surface area contributed by atoms with E-state index < -0.39 is 11.9 Å². The quantitative estimate of drug-likeness (QED) is 0.137. The van der Waals surface area contributed by atoms with Crippen molar-refractivity contribution in [3.63, 3.8) is 0 Å². The van der Waals surface area contributed by atoms with Gasteiger partial charge < -0.3 is 14.3 Å². The van der Waals surface area contributed by atoms with E-state index in [2.05, 4.69) is 5.16 Å². The molecule has 0 aliphatic rings. The Labute approximate surface area is 222 Å². The summed E-state index contributed by atoms with van der Waals surface area (Å²) in [6, 6.07) is 10.5. The molecule has 0 saturated carbocycles. The first-order valence-electron chi connectivity index (χ1n) is 10.7. The Bertz CT molecular complexity index is 974. The molecule has 35 heavy (non-hydrogen) atoms. The van der Waals surface area contributed by atoms with Gasteiger partial charge in [-0.1, -0.05) is 88.8 Å². The van der Waals surface area contributed by atoms with Crippen molar-refractivity contribution in [1.29, 1.82) is 0 Å². The number of hydrogen-bond donors (Lipinski definition) is 0. The highest BCUT2D eigenvalue weighted by Crippen LogP contribution is 2.37. The summed E-state index contributed by atoms with van der Waals surface area (Å²) in [6.45, 7) is 2.47. The van der Waals surface area contributed by atoms with Crippen molar-refractivity contribution in [1.82, 2.24) is 0 Å². The lowest BCUT2D eigenvalue weighted by molar-refractivity contribution is -0.0619. The first-order chi connectivity index (χ1) is 16.6. The van der Waals surface area contributed by atoms with Gasteiger partial charge >= 0.3 is 6.18 Å². The number of hydrogen-bond acceptors (Lipinski definition) is 4. The van der Waals surface area contributed by atoms with Crippen LogP contribution in [0.25, 0.3) is 0 Å². The molecule has 0 aliphatic carbocycles. The third-order valence-corrected chi connectivity index (χ3v) is 5.50. The molecule has 2 rings (SSSR count). The normalized spacial score (nSPS) is 12.7. The van der Waals surface area contributed by atoms with Crippen LogP contribution in [0.2, 0.25) is 10.0 Å². The number of benzene rings is 2. The predicted molar refractivity (Wildman–Crippen MR) is 135 cm³/mol. The molecule has 0 amide bonds. The standard InChI is InChI=1S/C24H24Cl4F3NO3/c1-16(15-35-32-23(24(29,30)31)17-8-3-2-4-9-17)7-5-6-11-34-22-19(25)13-18(14-20(22)26)33-12-10-21(27)28/h2-4,8-10,13-14,16H,5-7,11-12,15H2,1H3. The molecule has 0 bridgehead atoms. The molecule has 0 radical (unpaired) electrons. The molecular formula is C24H24Cl4F3NO3. The van der Waals surface area contributed by atoms with E-state index in [0.29, 0.717) is 34.6 Å². The topological polar surface area (TPSA) is 40.0 Å². The van der Waals surface area contributed by atoms with Crippen LogP contribution in [-0.4, -0.2) is 31.7 Å². The summed E-state index contributed by atoms with van der Waals surface area (Å²) in [4.78, 5) is 5.02. The maximum atomic E-state index is 13.3. The largest absolute Gasteiger partial charge is 0.490 e. The van der Waals surface area contributed by atoms with E-state index in [1.54, 1.807) is 18.2 Å². The third kappa shape index (κ3) is 10.8. The third-order valence-electron chi connectivity index (χ3n) is 4.63. The number of rotatable bonds is 13. The van der Waals surface area contributed by atoms with E-state index in [-0.39, 0.29) is 29.2 Å². The van der Waals surface area contributed by atoms with E-state index >= 15 is 0 Å². The van der Waals surface area contributed by atoms with Crippen LogP contribution < -0.4 is 9.47 Å². The SMILES string of the molecule is CC(CCCCOc1c(Cl)cc(OCC=C(Cl)Cl)cc1Cl)CON=C(c1ccccc1)C(F)(F)F. The molecule has 1 unspecified atom stereocenters. The monoisotopic (exact) mass is 571 g/mol. The molecular weight excluding hydrogens is 549 g/mol. The fraction of sp³-hybridized carbons (Fsp3) is 0.375. The smallest absolute Gasteiger partial charge is 0.437 e. The van der Waals surface area contributed by atoms with Crippen LogP contribution in [0.3, 0.4) is 0 Å². The molecule has 192 valence electrons. The summed E-state index contributed by atoms with van der Waals surface area (Å²) in [5, 5.41) is 3.95. The minimum absolute atomic E-state index is 0.00292. The van der Waals surface area contributed by atoms with Gasteiger partial charge in [0.1, 0.15) is 23.5 Å². The van der Waals surface area contributed by atoms with Crippen molar-refractivity contribution in [3.05, 3.63) is 68.6 Å². The Balaban J connectivity index is 1.75. The maximum Gasteiger partial charge on any atom is 0.437 e. The van der Waals surface area contributed by atoms with Gasteiger partial charge in [-0.15, -0.1) is 0 Å². The number of unbranched alkanes of at least 4 members (excludes halogenated alkanes) is 1. The predicted octanol–water partition coefficient (Wildman–Crippen LogP) is 8.86. The maximum absolute atomic E-state index is 13.3.